The number of rotatable bonds is 1. The van der Waals surface area contributed by atoms with Crippen LogP contribution in [0.4, 0.5) is 9.59 Å². The van der Waals surface area contributed by atoms with Crippen LogP contribution in [0.3, 0.4) is 0 Å². The summed E-state index contributed by atoms with van der Waals surface area (Å²) in [6, 6.07) is -0.724. The number of hydrogen-bond acceptors (Lipinski definition) is 4. The molecule has 1 rings (SSSR count). The lowest BCUT2D eigenvalue weighted by Gasteiger charge is -2.09. The van der Waals surface area contributed by atoms with E-state index in [-0.39, 0.29) is 13.2 Å². The van der Waals surface area contributed by atoms with Crippen molar-refractivity contribution in [2.45, 2.75) is 6.92 Å². The molecule has 0 aliphatic carbocycles. The molecule has 4 amide bonds. The Balaban J connectivity index is 2.58. The number of ether oxygens (including phenoxy) is 1. The van der Waals surface area contributed by atoms with Crippen molar-refractivity contribution >= 4 is 18.0 Å². The minimum Gasteiger partial charge on any atom is -0.449 e. The summed E-state index contributed by atoms with van der Waals surface area (Å²) < 4.78 is 4.52. The molecule has 0 unspecified atom stereocenters. The van der Waals surface area contributed by atoms with Crippen molar-refractivity contribution in [1.29, 1.82) is 0 Å². The number of nitrogens with zero attached hydrogens (tertiary/aromatic N) is 1. The topological polar surface area (TPSA) is 75.7 Å². The van der Waals surface area contributed by atoms with Gasteiger partial charge in [-0.2, -0.15) is 0 Å². The lowest BCUT2D eigenvalue weighted by atomic mass is 10.6. The molecule has 0 aromatic carbocycles. The van der Waals surface area contributed by atoms with E-state index in [1.165, 1.54) is 0 Å². The molecule has 1 N–H and O–H groups in total. The standard InChI is InChI=1S/C6H8N2O4/c1-2-12-6(11)8-3-4(9)7-5(8)10/h2-3H2,1H3,(H,7,9,10). The Hall–Kier alpha value is -1.59. The third kappa shape index (κ3) is 1.52. The average Bonchev–Trinajstić information content (AvgIpc) is 2.30. The van der Waals surface area contributed by atoms with Gasteiger partial charge < -0.3 is 4.74 Å². The first kappa shape index (κ1) is 8.51. The average molecular weight is 172 g/mol. The SMILES string of the molecule is CCOC(=O)N1CC(=O)NC1=O. The Bertz CT molecular complexity index is 238. The zero-order valence-electron chi connectivity index (χ0n) is 6.49. The van der Waals surface area contributed by atoms with Crippen LogP contribution in [0.2, 0.25) is 0 Å². The fourth-order valence-electron chi connectivity index (χ4n) is 0.791. The zero-order chi connectivity index (χ0) is 9.14. The van der Waals surface area contributed by atoms with Crippen molar-refractivity contribution in [3.05, 3.63) is 0 Å². The molecule has 1 saturated heterocycles. The summed E-state index contributed by atoms with van der Waals surface area (Å²) in [6.45, 7) is 1.54. The van der Waals surface area contributed by atoms with Gasteiger partial charge in [0.1, 0.15) is 6.54 Å². The first-order chi connectivity index (χ1) is 5.65. The highest BCUT2D eigenvalue weighted by Crippen LogP contribution is 2.00. The Morgan fingerprint density at radius 3 is 2.75 bits per heavy atom. The molecule has 0 saturated carbocycles. The van der Waals surface area contributed by atoms with Crippen LogP contribution in [0.15, 0.2) is 0 Å². The summed E-state index contributed by atoms with van der Waals surface area (Å²) in [5.74, 6) is -0.493. The van der Waals surface area contributed by atoms with Gasteiger partial charge >= 0.3 is 12.1 Å². The summed E-state index contributed by atoms with van der Waals surface area (Å²) >= 11 is 0. The van der Waals surface area contributed by atoms with Gasteiger partial charge in [-0.1, -0.05) is 0 Å². The van der Waals surface area contributed by atoms with Gasteiger partial charge in [0.05, 0.1) is 6.61 Å². The molecule has 1 fully saturated rings. The Morgan fingerprint density at radius 1 is 1.67 bits per heavy atom. The van der Waals surface area contributed by atoms with Gasteiger partial charge in [-0.15, -0.1) is 0 Å². The highest BCUT2D eigenvalue weighted by molar-refractivity contribution is 6.08. The van der Waals surface area contributed by atoms with Gasteiger partial charge in [0, 0.05) is 0 Å². The van der Waals surface area contributed by atoms with Crippen LogP contribution < -0.4 is 5.32 Å². The zero-order valence-corrected chi connectivity index (χ0v) is 6.49. The normalized spacial score (nSPS) is 16.2. The van der Waals surface area contributed by atoms with Crippen LogP contribution in [0.25, 0.3) is 0 Å². The lowest BCUT2D eigenvalue weighted by molar-refractivity contribution is -0.118. The van der Waals surface area contributed by atoms with Crippen LogP contribution in [0.5, 0.6) is 0 Å². The lowest BCUT2D eigenvalue weighted by Crippen LogP contribution is -2.34. The number of carbonyl (C=O) groups excluding carboxylic acids is 3. The molecule has 6 heteroatoms. The number of imide groups is 2. The molecule has 6 nitrogen and oxygen atoms in total. The van der Waals surface area contributed by atoms with Gasteiger partial charge in [-0.3, -0.25) is 10.1 Å². The van der Waals surface area contributed by atoms with Crippen molar-refractivity contribution in [3.63, 3.8) is 0 Å². The predicted molar refractivity (Wildman–Crippen MR) is 37.3 cm³/mol. The van der Waals surface area contributed by atoms with E-state index in [9.17, 15) is 14.4 Å². The molecular formula is C6H8N2O4. The minimum absolute atomic E-state index is 0.177. The quantitative estimate of drug-likeness (QED) is 0.550. The molecular weight excluding hydrogens is 164 g/mol. The van der Waals surface area contributed by atoms with Crippen molar-refractivity contribution in [1.82, 2.24) is 10.2 Å². The van der Waals surface area contributed by atoms with Crippen LogP contribution in [0, 0.1) is 0 Å². The molecule has 1 aliphatic heterocycles. The number of amides is 4. The Kier molecular flexibility index (Phi) is 2.27. The maximum Gasteiger partial charge on any atom is 0.418 e. The second-order valence-electron chi connectivity index (χ2n) is 2.14. The van der Waals surface area contributed by atoms with Crippen LogP contribution >= 0.6 is 0 Å². The molecule has 12 heavy (non-hydrogen) atoms. The third-order valence-electron chi connectivity index (χ3n) is 1.28. The number of carbonyl (C=O) groups is 3. The monoisotopic (exact) mass is 172 g/mol. The van der Waals surface area contributed by atoms with Crippen molar-refractivity contribution in [2.24, 2.45) is 0 Å². The molecule has 0 atom stereocenters. The highest BCUT2D eigenvalue weighted by atomic mass is 16.6. The molecule has 66 valence electrons. The predicted octanol–water partition coefficient (Wildman–Crippen LogP) is -0.305. The van der Waals surface area contributed by atoms with E-state index in [1.54, 1.807) is 6.92 Å². The Morgan fingerprint density at radius 2 is 2.33 bits per heavy atom. The van der Waals surface area contributed by atoms with E-state index in [0.717, 1.165) is 0 Å². The molecule has 0 aromatic heterocycles. The van der Waals surface area contributed by atoms with E-state index < -0.39 is 18.0 Å². The van der Waals surface area contributed by atoms with Crippen molar-refractivity contribution in [3.8, 4) is 0 Å². The van der Waals surface area contributed by atoms with E-state index in [4.69, 9.17) is 0 Å². The largest absolute Gasteiger partial charge is 0.449 e. The highest BCUT2D eigenvalue weighted by Gasteiger charge is 2.32. The number of hydrogen-bond donors (Lipinski definition) is 1. The Labute approximate surface area is 68.5 Å². The summed E-state index contributed by atoms with van der Waals surface area (Å²) in [7, 11) is 0. The van der Waals surface area contributed by atoms with Crippen molar-refractivity contribution < 1.29 is 19.1 Å². The van der Waals surface area contributed by atoms with Gasteiger partial charge in [0.2, 0.25) is 5.91 Å². The maximum atomic E-state index is 10.9. The maximum absolute atomic E-state index is 10.9. The second kappa shape index (κ2) is 3.21. The smallest absolute Gasteiger partial charge is 0.418 e. The summed E-state index contributed by atoms with van der Waals surface area (Å²) in [5, 5.41) is 1.95. The third-order valence-corrected chi connectivity index (χ3v) is 1.28. The molecule has 0 aromatic rings. The molecule has 0 bridgehead atoms. The minimum atomic E-state index is -0.791. The van der Waals surface area contributed by atoms with E-state index in [0.29, 0.717) is 4.90 Å². The number of nitrogens with one attached hydrogen (secondary N) is 1. The molecule has 1 heterocycles. The summed E-state index contributed by atoms with van der Waals surface area (Å²) in [6.07, 6.45) is -0.791. The first-order valence-corrected chi connectivity index (χ1v) is 3.43. The van der Waals surface area contributed by atoms with Crippen LogP contribution in [-0.2, 0) is 9.53 Å². The molecule has 0 radical (unpaired) electrons. The van der Waals surface area contributed by atoms with Gasteiger partial charge in [-0.25, -0.2) is 14.5 Å². The first-order valence-electron chi connectivity index (χ1n) is 3.43. The summed E-state index contributed by atoms with van der Waals surface area (Å²) in [4.78, 5) is 33.0. The van der Waals surface area contributed by atoms with Gasteiger partial charge in [-0.05, 0) is 6.92 Å². The van der Waals surface area contributed by atoms with Crippen LogP contribution in [0.1, 0.15) is 6.92 Å². The molecule has 0 spiro atoms. The second-order valence-corrected chi connectivity index (χ2v) is 2.14. The fraction of sp³-hybridized carbons (Fsp3) is 0.500. The summed E-state index contributed by atoms with van der Waals surface area (Å²) in [5.41, 5.74) is 0. The number of urea groups is 1. The van der Waals surface area contributed by atoms with Crippen LogP contribution in [-0.4, -0.2) is 36.1 Å². The molecule has 1 aliphatic rings. The van der Waals surface area contributed by atoms with E-state index >= 15 is 0 Å². The van der Waals surface area contributed by atoms with Crippen molar-refractivity contribution in [2.75, 3.05) is 13.2 Å². The van der Waals surface area contributed by atoms with Gasteiger partial charge in [0.15, 0.2) is 0 Å². The van der Waals surface area contributed by atoms with Gasteiger partial charge in [0.25, 0.3) is 0 Å². The van der Waals surface area contributed by atoms with E-state index in [2.05, 4.69) is 4.74 Å². The fourth-order valence-corrected chi connectivity index (χ4v) is 0.791. The van der Waals surface area contributed by atoms with E-state index in [1.807, 2.05) is 5.32 Å².